The summed E-state index contributed by atoms with van der Waals surface area (Å²) in [5, 5.41) is 8.87. The fourth-order valence-electron chi connectivity index (χ4n) is 2.75. The van der Waals surface area contributed by atoms with Crippen LogP contribution in [0.1, 0.15) is 37.3 Å². The summed E-state index contributed by atoms with van der Waals surface area (Å²) in [4.78, 5) is 0.236. The molecule has 1 fully saturated rings. The molecular weight excluding hydrogens is 272 g/mol. The summed E-state index contributed by atoms with van der Waals surface area (Å²) in [6, 6.07) is 6.65. The monoisotopic (exact) mass is 292 g/mol. The number of hydrogen-bond acceptors (Lipinski definition) is 3. The Bertz CT molecular complexity index is 632. The van der Waals surface area contributed by atoms with Crippen LogP contribution in [0.25, 0.3) is 0 Å². The summed E-state index contributed by atoms with van der Waals surface area (Å²) in [6.07, 6.45) is 3.46. The molecule has 1 aliphatic carbocycles. The van der Waals surface area contributed by atoms with Gasteiger partial charge in [-0.1, -0.05) is 19.8 Å². The van der Waals surface area contributed by atoms with E-state index in [1.54, 1.807) is 19.1 Å². The first-order valence-corrected chi connectivity index (χ1v) is 8.43. The van der Waals surface area contributed by atoms with E-state index in [9.17, 15) is 8.42 Å². The van der Waals surface area contributed by atoms with Gasteiger partial charge in [0.1, 0.15) is 0 Å². The van der Waals surface area contributed by atoms with Gasteiger partial charge in [0.25, 0.3) is 0 Å². The predicted molar refractivity (Wildman–Crippen MR) is 77.6 cm³/mol. The highest BCUT2D eigenvalue weighted by molar-refractivity contribution is 7.89. The number of benzene rings is 1. The lowest BCUT2D eigenvalue weighted by Crippen LogP contribution is -2.30. The quantitative estimate of drug-likeness (QED) is 0.927. The Kier molecular flexibility index (Phi) is 4.46. The zero-order chi connectivity index (χ0) is 14.8. The van der Waals surface area contributed by atoms with Crippen molar-refractivity contribution in [2.75, 3.05) is 6.54 Å². The summed E-state index contributed by atoms with van der Waals surface area (Å²) in [5.74, 6) is 1.02. The number of sulfonamides is 1. The number of nitriles is 1. The molecule has 0 amide bonds. The van der Waals surface area contributed by atoms with Gasteiger partial charge in [-0.25, -0.2) is 13.1 Å². The molecule has 5 heteroatoms. The van der Waals surface area contributed by atoms with Gasteiger partial charge in [0.2, 0.25) is 10.0 Å². The molecule has 0 bridgehead atoms. The zero-order valence-corrected chi connectivity index (χ0v) is 12.7. The first-order valence-electron chi connectivity index (χ1n) is 6.94. The van der Waals surface area contributed by atoms with E-state index in [4.69, 9.17) is 5.26 Å². The summed E-state index contributed by atoms with van der Waals surface area (Å²) in [6.45, 7) is 4.43. The number of hydrogen-bond donors (Lipinski definition) is 1. The SMILES string of the molecule is Cc1cc(S(=O)(=O)NCC2CCCC2C)ccc1C#N. The normalized spacial score (nSPS) is 22.6. The van der Waals surface area contributed by atoms with Crippen molar-refractivity contribution in [3.63, 3.8) is 0 Å². The van der Waals surface area contributed by atoms with Crippen LogP contribution in [-0.4, -0.2) is 15.0 Å². The standard InChI is InChI=1S/C15H20N2O2S/c1-11-4-3-5-14(11)10-17-20(18,19)15-7-6-13(9-16)12(2)8-15/h6-8,11,14,17H,3-5,10H2,1-2H3. The largest absolute Gasteiger partial charge is 0.240 e. The number of nitrogens with zero attached hydrogens (tertiary/aromatic N) is 1. The maximum atomic E-state index is 12.3. The Morgan fingerprint density at radius 1 is 1.40 bits per heavy atom. The minimum absolute atomic E-state index is 0.236. The van der Waals surface area contributed by atoms with Crippen molar-refractivity contribution in [3.8, 4) is 6.07 Å². The maximum absolute atomic E-state index is 12.3. The molecule has 1 aliphatic rings. The molecule has 0 spiro atoms. The fraction of sp³-hybridized carbons (Fsp3) is 0.533. The summed E-state index contributed by atoms with van der Waals surface area (Å²) in [5.41, 5.74) is 1.19. The average Bonchev–Trinajstić information content (AvgIpc) is 2.82. The molecule has 0 saturated heterocycles. The topological polar surface area (TPSA) is 70.0 Å². The third-order valence-corrected chi connectivity index (χ3v) is 5.62. The molecule has 1 N–H and O–H groups in total. The molecule has 20 heavy (non-hydrogen) atoms. The van der Waals surface area contributed by atoms with Crippen LogP contribution >= 0.6 is 0 Å². The lowest BCUT2D eigenvalue weighted by Gasteiger charge is -2.16. The molecule has 1 saturated carbocycles. The van der Waals surface area contributed by atoms with E-state index >= 15 is 0 Å². The molecule has 2 unspecified atom stereocenters. The molecule has 1 aromatic rings. The average molecular weight is 292 g/mol. The van der Waals surface area contributed by atoms with E-state index in [1.165, 1.54) is 18.9 Å². The maximum Gasteiger partial charge on any atom is 0.240 e. The van der Waals surface area contributed by atoms with Crippen LogP contribution in [0.2, 0.25) is 0 Å². The van der Waals surface area contributed by atoms with Crippen molar-refractivity contribution in [1.82, 2.24) is 4.72 Å². The number of nitrogens with one attached hydrogen (secondary N) is 1. The highest BCUT2D eigenvalue weighted by atomic mass is 32.2. The van der Waals surface area contributed by atoms with Crippen LogP contribution in [0.4, 0.5) is 0 Å². The first kappa shape index (κ1) is 15.0. The Labute approximate surface area is 120 Å². The van der Waals surface area contributed by atoms with E-state index in [-0.39, 0.29) is 4.90 Å². The fourth-order valence-corrected chi connectivity index (χ4v) is 3.93. The van der Waals surface area contributed by atoms with Crippen LogP contribution in [-0.2, 0) is 10.0 Å². The Hall–Kier alpha value is -1.38. The molecule has 2 rings (SSSR count). The lowest BCUT2D eigenvalue weighted by atomic mass is 9.99. The van der Waals surface area contributed by atoms with E-state index in [0.717, 1.165) is 6.42 Å². The van der Waals surface area contributed by atoms with Gasteiger partial charge in [-0.2, -0.15) is 5.26 Å². The van der Waals surface area contributed by atoms with Crippen molar-refractivity contribution in [1.29, 1.82) is 5.26 Å². The highest BCUT2D eigenvalue weighted by Gasteiger charge is 2.25. The van der Waals surface area contributed by atoms with Crippen molar-refractivity contribution >= 4 is 10.0 Å². The minimum atomic E-state index is -3.48. The van der Waals surface area contributed by atoms with Crippen LogP contribution < -0.4 is 4.72 Å². The zero-order valence-electron chi connectivity index (χ0n) is 11.9. The van der Waals surface area contributed by atoms with Crippen molar-refractivity contribution in [3.05, 3.63) is 29.3 Å². The van der Waals surface area contributed by atoms with E-state index in [1.807, 2.05) is 6.07 Å². The van der Waals surface area contributed by atoms with Gasteiger partial charge in [-0.3, -0.25) is 0 Å². The van der Waals surface area contributed by atoms with Gasteiger partial charge in [0.15, 0.2) is 0 Å². The molecule has 0 aromatic heterocycles. The molecule has 0 radical (unpaired) electrons. The second-order valence-corrected chi connectivity index (χ2v) is 7.38. The summed E-state index contributed by atoms with van der Waals surface area (Å²) < 4.78 is 27.2. The van der Waals surface area contributed by atoms with Gasteiger partial charge in [-0.15, -0.1) is 0 Å². The minimum Gasteiger partial charge on any atom is -0.211 e. The molecule has 4 nitrogen and oxygen atoms in total. The first-order chi connectivity index (χ1) is 9.44. The molecule has 1 aromatic carbocycles. The van der Waals surface area contributed by atoms with Crippen molar-refractivity contribution < 1.29 is 8.42 Å². The second-order valence-electron chi connectivity index (χ2n) is 5.61. The van der Waals surface area contributed by atoms with Gasteiger partial charge in [0, 0.05) is 6.54 Å². The third-order valence-electron chi connectivity index (χ3n) is 4.20. The Morgan fingerprint density at radius 3 is 2.70 bits per heavy atom. The molecule has 0 heterocycles. The van der Waals surface area contributed by atoms with Gasteiger partial charge in [-0.05, 0) is 48.9 Å². The van der Waals surface area contributed by atoms with E-state index < -0.39 is 10.0 Å². The molecule has 108 valence electrons. The molecule has 0 aliphatic heterocycles. The molecular formula is C15H20N2O2S. The van der Waals surface area contributed by atoms with Gasteiger partial charge >= 0.3 is 0 Å². The predicted octanol–water partition coefficient (Wildman–Crippen LogP) is 2.58. The van der Waals surface area contributed by atoms with Crippen LogP contribution in [0.15, 0.2) is 23.1 Å². The van der Waals surface area contributed by atoms with E-state index in [0.29, 0.717) is 29.5 Å². The van der Waals surface area contributed by atoms with Gasteiger partial charge < -0.3 is 0 Å². The molecule has 2 atom stereocenters. The highest BCUT2D eigenvalue weighted by Crippen LogP contribution is 2.30. The number of aryl methyl sites for hydroxylation is 1. The van der Waals surface area contributed by atoms with Crippen LogP contribution in [0.5, 0.6) is 0 Å². The Balaban J connectivity index is 2.10. The lowest BCUT2D eigenvalue weighted by molar-refractivity contribution is 0.414. The Morgan fingerprint density at radius 2 is 2.15 bits per heavy atom. The van der Waals surface area contributed by atoms with Crippen molar-refractivity contribution in [2.24, 2.45) is 11.8 Å². The van der Waals surface area contributed by atoms with Gasteiger partial charge in [0.05, 0.1) is 16.5 Å². The summed E-state index contributed by atoms with van der Waals surface area (Å²) in [7, 11) is -3.48. The summed E-state index contributed by atoms with van der Waals surface area (Å²) >= 11 is 0. The van der Waals surface area contributed by atoms with Crippen LogP contribution in [0.3, 0.4) is 0 Å². The third kappa shape index (κ3) is 3.20. The second kappa shape index (κ2) is 5.94. The van der Waals surface area contributed by atoms with Crippen LogP contribution in [0, 0.1) is 30.1 Å². The smallest absolute Gasteiger partial charge is 0.211 e. The van der Waals surface area contributed by atoms with E-state index in [2.05, 4.69) is 11.6 Å². The van der Waals surface area contributed by atoms with Crippen molar-refractivity contribution in [2.45, 2.75) is 38.0 Å². The number of rotatable bonds is 4.